The van der Waals surface area contributed by atoms with Gasteiger partial charge in [-0.05, 0) is 42.3 Å². The molecule has 1 N–H and O–H groups in total. The first-order chi connectivity index (χ1) is 9.43. The molecule has 2 nitrogen and oxygen atoms in total. The molecule has 0 atom stereocenters. The number of fused-ring (bicyclic) bond motifs is 1. The molecular weight excluding hydrogens is 232 g/mol. The van der Waals surface area contributed by atoms with E-state index in [1.165, 1.54) is 55.0 Å². The Balaban J connectivity index is 1.62. The molecule has 0 amide bonds. The van der Waals surface area contributed by atoms with E-state index in [0.29, 0.717) is 0 Å². The standard InChI is InChI=1S/C17H22N2/c1-2-5-14(6-3-1)11-19-13-16-8-4-7-15-12-18-10-9-17(15)16/h4,7-10,12,14,19H,1-3,5-6,11,13H2. The van der Waals surface area contributed by atoms with Gasteiger partial charge < -0.3 is 5.32 Å². The van der Waals surface area contributed by atoms with E-state index in [9.17, 15) is 0 Å². The van der Waals surface area contributed by atoms with Gasteiger partial charge in [0.2, 0.25) is 0 Å². The second kappa shape index (κ2) is 6.16. The van der Waals surface area contributed by atoms with Crippen LogP contribution in [0.25, 0.3) is 10.8 Å². The average Bonchev–Trinajstić information content (AvgIpc) is 2.49. The first-order valence-electron chi connectivity index (χ1n) is 7.46. The van der Waals surface area contributed by atoms with Crippen molar-refractivity contribution in [1.29, 1.82) is 0 Å². The molecule has 1 aromatic heterocycles. The molecule has 0 aliphatic heterocycles. The van der Waals surface area contributed by atoms with Gasteiger partial charge >= 0.3 is 0 Å². The molecule has 0 radical (unpaired) electrons. The van der Waals surface area contributed by atoms with E-state index < -0.39 is 0 Å². The van der Waals surface area contributed by atoms with Crippen LogP contribution in [0.5, 0.6) is 0 Å². The molecule has 0 spiro atoms. The molecular formula is C17H22N2. The molecule has 100 valence electrons. The van der Waals surface area contributed by atoms with Crippen molar-refractivity contribution in [3.63, 3.8) is 0 Å². The van der Waals surface area contributed by atoms with Crippen molar-refractivity contribution in [2.24, 2.45) is 5.92 Å². The van der Waals surface area contributed by atoms with Crippen molar-refractivity contribution in [3.05, 3.63) is 42.2 Å². The number of pyridine rings is 1. The van der Waals surface area contributed by atoms with E-state index in [2.05, 4.69) is 34.6 Å². The molecule has 1 aliphatic carbocycles. The van der Waals surface area contributed by atoms with Gasteiger partial charge in [-0.25, -0.2) is 0 Å². The largest absolute Gasteiger partial charge is 0.312 e. The second-order valence-electron chi connectivity index (χ2n) is 5.65. The summed E-state index contributed by atoms with van der Waals surface area (Å²) in [5, 5.41) is 6.21. The van der Waals surface area contributed by atoms with Crippen LogP contribution < -0.4 is 5.32 Å². The predicted octanol–water partition coefficient (Wildman–Crippen LogP) is 3.90. The highest BCUT2D eigenvalue weighted by atomic mass is 14.9. The Labute approximate surface area is 115 Å². The van der Waals surface area contributed by atoms with Crippen LogP contribution in [0.1, 0.15) is 37.7 Å². The Morgan fingerprint density at radius 3 is 2.89 bits per heavy atom. The summed E-state index contributed by atoms with van der Waals surface area (Å²) in [5.41, 5.74) is 1.38. The summed E-state index contributed by atoms with van der Waals surface area (Å²) in [6.07, 6.45) is 10.9. The van der Waals surface area contributed by atoms with Crippen LogP contribution in [0.15, 0.2) is 36.7 Å². The normalized spacial score (nSPS) is 16.8. The molecule has 19 heavy (non-hydrogen) atoms. The van der Waals surface area contributed by atoms with Crippen molar-refractivity contribution in [1.82, 2.24) is 10.3 Å². The Hall–Kier alpha value is -1.41. The topological polar surface area (TPSA) is 24.9 Å². The molecule has 2 heteroatoms. The van der Waals surface area contributed by atoms with Crippen LogP contribution in [0.4, 0.5) is 0 Å². The molecule has 1 aromatic carbocycles. The van der Waals surface area contributed by atoms with Crippen molar-refractivity contribution in [2.45, 2.75) is 38.6 Å². The maximum Gasteiger partial charge on any atom is 0.0346 e. The van der Waals surface area contributed by atoms with E-state index in [-0.39, 0.29) is 0 Å². The molecule has 1 aliphatic rings. The van der Waals surface area contributed by atoms with Crippen molar-refractivity contribution < 1.29 is 0 Å². The van der Waals surface area contributed by atoms with Gasteiger partial charge in [-0.2, -0.15) is 0 Å². The molecule has 0 unspecified atom stereocenters. The lowest BCUT2D eigenvalue weighted by Gasteiger charge is -2.22. The van der Waals surface area contributed by atoms with Gasteiger partial charge in [0.15, 0.2) is 0 Å². The molecule has 0 bridgehead atoms. The number of hydrogen-bond donors (Lipinski definition) is 1. The summed E-state index contributed by atoms with van der Waals surface area (Å²) >= 11 is 0. The summed E-state index contributed by atoms with van der Waals surface area (Å²) in [6, 6.07) is 8.60. The molecule has 0 saturated heterocycles. The van der Waals surface area contributed by atoms with Gasteiger partial charge in [-0.15, -0.1) is 0 Å². The summed E-state index contributed by atoms with van der Waals surface area (Å²) in [7, 11) is 0. The van der Waals surface area contributed by atoms with Crippen LogP contribution in [0, 0.1) is 5.92 Å². The van der Waals surface area contributed by atoms with Crippen molar-refractivity contribution in [3.8, 4) is 0 Å². The Bertz CT molecular complexity index is 524. The lowest BCUT2D eigenvalue weighted by atomic mass is 9.89. The predicted molar refractivity (Wildman–Crippen MR) is 80.0 cm³/mol. The maximum atomic E-state index is 4.19. The molecule has 1 heterocycles. The fraction of sp³-hybridized carbons (Fsp3) is 0.471. The van der Waals surface area contributed by atoms with E-state index in [1.54, 1.807) is 0 Å². The minimum absolute atomic E-state index is 0.894. The number of benzene rings is 1. The SMILES string of the molecule is c1cc(CNCC2CCCCC2)c2ccncc2c1. The lowest BCUT2D eigenvalue weighted by molar-refractivity contribution is 0.342. The fourth-order valence-electron chi connectivity index (χ4n) is 3.15. The molecule has 3 rings (SSSR count). The second-order valence-corrected chi connectivity index (χ2v) is 5.65. The quantitative estimate of drug-likeness (QED) is 0.895. The van der Waals surface area contributed by atoms with Gasteiger partial charge in [-0.3, -0.25) is 4.98 Å². The van der Waals surface area contributed by atoms with Crippen molar-refractivity contribution >= 4 is 10.8 Å². The minimum Gasteiger partial charge on any atom is -0.312 e. The van der Waals surface area contributed by atoms with E-state index >= 15 is 0 Å². The zero-order chi connectivity index (χ0) is 12.9. The Kier molecular flexibility index (Phi) is 4.09. The number of aromatic nitrogens is 1. The van der Waals surface area contributed by atoms with E-state index in [0.717, 1.165) is 12.5 Å². The Morgan fingerprint density at radius 2 is 2.00 bits per heavy atom. The number of rotatable bonds is 4. The van der Waals surface area contributed by atoms with E-state index in [1.807, 2.05) is 12.4 Å². The lowest BCUT2D eigenvalue weighted by Crippen LogP contribution is -2.24. The highest BCUT2D eigenvalue weighted by Crippen LogP contribution is 2.23. The van der Waals surface area contributed by atoms with Crippen LogP contribution in [-0.4, -0.2) is 11.5 Å². The van der Waals surface area contributed by atoms with Crippen LogP contribution >= 0.6 is 0 Å². The summed E-state index contributed by atoms with van der Waals surface area (Å²) in [6.45, 7) is 2.14. The zero-order valence-corrected chi connectivity index (χ0v) is 11.4. The van der Waals surface area contributed by atoms with Crippen LogP contribution in [-0.2, 0) is 6.54 Å². The first-order valence-corrected chi connectivity index (χ1v) is 7.46. The summed E-state index contributed by atoms with van der Waals surface area (Å²) in [5.74, 6) is 0.894. The molecule has 2 aromatic rings. The summed E-state index contributed by atoms with van der Waals surface area (Å²) < 4.78 is 0. The van der Waals surface area contributed by atoms with Crippen molar-refractivity contribution in [2.75, 3.05) is 6.54 Å². The van der Waals surface area contributed by atoms with Gasteiger partial charge in [0.25, 0.3) is 0 Å². The highest BCUT2D eigenvalue weighted by Gasteiger charge is 2.12. The molecule has 1 saturated carbocycles. The zero-order valence-electron chi connectivity index (χ0n) is 11.4. The number of hydrogen-bond acceptors (Lipinski definition) is 2. The van der Waals surface area contributed by atoms with Gasteiger partial charge in [-0.1, -0.05) is 37.5 Å². The smallest absolute Gasteiger partial charge is 0.0346 e. The Morgan fingerprint density at radius 1 is 1.11 bits per heavy atom. The van der Waals surface area contributed by atoms with Crippen LogP contribution in [0.3, 0.4) is 0 Å². The third-order valence-corrected chi connectivity index (χ3v) is 4.24. The summed E-state index contributed by atoms with van der Waals surface area (Å²) in [4.78, 5) is 4.19. The van der Waals surface area contributed by atoms with Crippen LogP contribution in [0.2, 0.25) is 0 Å². The molecule has 1 fully saturated rings. The third kappa shape index (κ3) is 3.13. The first kappa shape index (κ1) is 12.6. The highest BCUT2D eigenvalue weighted by molar-refractivity contribution is 5.84. The minimum atomic E-state index is 0.894. The fourth-order valence-corrected chi connectivity index (χ4v) is 3.15. The monoisotopic (exact) mass is 254 g/mol. The van der Waals surface area contributed by atoms with Gasteiger partial charge in [0.1, 0.15) is 0 Å². The van der Waals surface area contributed by atoms with Gasteiger partial charge in [0, 0.05) is 24.3 Å². The van der Waals surface area contributed by atoms with Gasteiger partial charge in [0.05, 0.1) is 0 Å². The third-order valence-electron chi connectivity index (χ3n) is 4.24. The van der Waals surface area contributed by atoms with E-state index in [4.69, 9.17) is 0 Å². The number of nitrogens with zero attached hydrogens (tertiary/aromatic N) is 1. The number of nitrogens with one attached hydrogen (secondary N) is 1. The average molecular weight is 254 g/mol. The maximum absolute atomic E-state index is 4.19.